The van der Waals surface area contributed by atoms with Crippen molar-refractivity contribution in [2.24, 2.45) is 11.8 Å². The van der Waals surface area contributed by atoms with Crippen LogP contribution >= 0.6 is 0 Å². The molecule has 6 heteroatoms. The number of benzene rings is 1. The largest absolute Gasteiger partial charge is 0.485 e. The van der Waals surface area contributed by atoms with Gasteiger partial charge in [0.25, 0.3) is 0 Å². The molecule has 3 rings (SSSR count). The first kappa shape index (κ1) is 18.7. The quantitative estimate of drug-likeness (QED) is 0.721. The van der Waals surface area contributed by atoms with Gasteiger partial charge in [-0.1, -0.05) is 27.7 Å². The molecule has 1 fully saturated rings. The number of hydrogen-bond donors (Lipinski definition) is 0. The molecule has 1 aromatic rings. The van der Waals surface area contributed by atoms with E-state index in [0.717, 1.165) is 11.3 Å². The highest BCUT2D eigenvalue weighted by Gasteiger charge is 2.56. The summed E-state index contributed by atoms with van der Waals surface area (Å²) >= 11 is 0. The maximum atomic E-state index is 13.2. The second-order valence-electron chi connectivity index (χ2n) is 8.49. The van der Waals surface area contributed by atoms with Gasteiger partial charge in [-0.2, -0.15) is 4.31 Å². The molecular formula is C19H29NO4S. The van der Waals surface area contributed by atoms with E-state index in [9.17, 15) is 8.42 Å². The van der Waals surface area contributed by atoms with Crippen molar-refractivity contribution in [3.63, 3.8) is 0 Å². The van der Waals surface area contributed by atoms with Gasteiger partial charge in [-0.05, 0) is 43.9 Å². The minimum absolute atomic E-state index is 0.000357. The third-order valence-corrected chi connectivity index (χ3v) is 6.44. The molecule has 0 spiro atoms. The fourth-order valence-electron chi connectivity index (χ4n) is 3.46. The Bertz CT molecular complexity index is 745. The van der Waals surface area contributed by atoms with Gasteiger partial charge < -0.3 is 9.47 Å². The van der Waals surface area contributed by atoms with Gasteiger partial charge in [0.15, 0.2) is 0 Å². The molecule has 0 unspecified atom stereocenters. The molecule has 2 atom stereocenters. The Hall–Kier alpha value is -1.11. The summed E-state index contributed by atoms with van der Waals surface area (Å²) < 4.78 is 39.7. The number of ether oxygens (including phenoxy) is 2. The average Bonchev–Trinajstić information content (AvgIpc) is 3.26. The molecule has 5 nitrogen and oxygen atoms in total. The third-order valence-electron chi connectivity index (χ3n) is 4.61. The molecule has 0 aromatic heterocycles. The van der Waals surface area contributed by atoms with E-state index in [0.29, 0.717) is 18.0 Å². The fourth-order valence-corrected chi connectivity index (χ4v) is 5.26. The van der Waals surface area contributed by atoms with Crippen molar-refractivity contribution in [1.82, 2.24) is 4.31 Å². The highest BCUT2D eigenvalue weighted by atomic mass is 32.2. The van der Waals surface area contributed by atoms with Crippen molar-refractivity contribution in [2.75, 3.05) is 13.1 Å². The first-order valence-electron chi connectivity index (χ1n) is 9.01. The van der Waals surface area contributed by atoms with Crippen molar-refractivity contribution in [1.29, 1.82) is 0 Å². The van der Waals surface area contributed by atoms with Crippen molar-refractivity contribution in [2.45, 2.75) is 64.2 Å². The fraction of sp³-hybridized carbons (Fsp3) is 0.684. The van der Waals surface area contributed by atoms with Gasteiger partial charge in [0.05, 0.1) is 4.90 Å². The molecule has 2 aliphatic heterocycles. The molecule has 0 N–H and O–H groups in total. The number of sulfonamides is 1. The molecule has 2 heterocycles. The predicted molar refractivity (Wildman–Crippen MR) is 97.2 cm³/mol. The second kappa shape index (κ2) is 6.25. The van der Waals surface area contributed by atoms with Crippen LogP contribution in [0.15, 0.2) is 23.1 Å². The first-order chi connectivity index (χ1) is 11.5. The van der Waals surface area contributed by atoms with Gasteiger partial charge in [-0.25, -0.2) is 8.42 Å². The summed E-state index contributed by atoms with van der Waals surface area (Å²) in [5.41, 5.74) is 0.471. The Morgan fingerprint density at radius 2 is 1.72 bits per heavy atom. The van der Waals surface area contributed by atoms with Crippen LogP contribution in [0.2, 0.25) is 0 Å². The second-order valence-corrected chi connectivity index (χ2v) is 10.4. The van der Waals surface area contributed by atoms with Crippen LogP contribution in [0.1, 0.15) is 53.2 Å². The molecule has 0 saturated carbocycles. The summed E-state index contributed by atoms with van der Waals surface area (Å²) in [4.78, 5) is 0.324. The van der Waals surface area contributed by atoms with Crippen LogP contribution in [0.5, 0.6) is 5.75 Å². The van der Waals surface area contributed by atoms with E-state index >= 15 is 0 Å². The minimum Gasteiger partial charge on any atom is -0.485 e. The van der Waals surface area contributed by atoms with Gasteiger partial charge in [0, 0.05) is 18.7 Å². The molecule has 1 aromatic carbocycles. The normalized spacial score (nSPS) is 24.2. The van der Waals surface area contributed by atoms with E-state index in [1.54, 1.807) is 22.5 Å². The van der Waals surface area contributed by atoms with E-state index < -0.39 is 10.0 Å². The summed E-state index contributed by atoms with van der Waals surface area (Å²) in [7, 11) is -3.54. The lowest BCUT2D eigenvalue weighted by molar-refractivity contribution is 0.0724. The van der Waals surface area contributed by atoms with E-state index in [2.05, 4.69) is 0 Å². The molecule has 0 amide bonds. The molecule has 25 heavy (non-hydrogen) atoms. The lowest BCUT2D eigenvalue weighted by atomic mass is 9.94. The monoisotopic (exact) mass is 367 g/mol. The summed E-state index contributed by atoms with van der Waals surface area (Å²) in [5.74, 6) is 1.26. The number of nitrogens with zero attached hydrogens (tertiary/aromatic N) is 1. The first-order valence-corrected chi connectivity index (χ1v) is 10.4. The van der Waals surface area contributed by atoms with Crippen LogP contribution in [0.25, 0.3) is 0 Å². The Labute approximate surface area is 151 Å². The van der Waals surface area contributed by atoms with Crippen molar-refractivity contribution in [3.8, 4) is 5.75 Å². The smallest absolute Gasteiger partial charge is 0.243 e. The molecule has 140 valence electrons. The third kappa shape index (κ3) is 3.57. The highest BCUT2D eigenvalue weighted by Crippen LogP contribution is 2.54. The number of hydrogen-bond acceptors (Lipinski definition) is 4. The zero-order chi connectivity index (χ0) is 18.6. The van der Waals surface area contributed by atoms with E-state index in [-0.39, 0.29) is 29.6 Å². The Balaban J connectivity index is 1.94. The van der Waals surface area contributed by atoms with Crippen LogP contribution in [0.4, 0.5) is 0 Å². The maximum Gasteiger partial charge on any atom is 0.243 e. The van der Waals surface area contributed by atoms with Gasteiger partial charge in [-0.3, -0.25) is 0 Å². The lowest BCUT2D eigenvalue weighted by Gasteiger charge is -2.30. The molecular weight excluding hydrogens is 338 g/mol. The Morgan fingerprint density at radius 1 is 1.12 bits per heavy atom. The van der Waals surface area contributed by atoms with Crippen molar-refractivity contribution < 1.29 is 17.9 Å². The zero-order valence-corrected chi connectivity index (χ0v) is 16.8. The molecule has 1 saturated heterocycles. The van der Waals surface area contributed by atoms with Crippen LogP contribution in [0, 0.1) is 11.8 Å². The van der Waals surface area contributed by atoms with Crippen molar-refractivity contribution >= 4 is 10.0 Å². The van der Waals surface area contributed by atoms with Gasteiger partial charge in [-0.15, -0.1) is 0 Å². The van der Waals surface area contributed by atoms with E-state index in [4.69, 9.17) is 9.47 Å². The van der Waals surface area contributed by atoms with Gasteiger partial charge in [0.1, 0.15) is 23.6 Å². The summed E-state index contributed by atoms with van der Waals surface area (Å²) in [6.07, 6.45) is -0.0575. The van der Waals surface area contributed by atoms with E-state index in [1.165, 1.54) is 0 Å². The number of fused-ring (bicyclic) bond motifs is 3. The predicted octanol–water partition coefficient (Wildman–Crippen LogP) is 3.60. The number of epoxide rings is 1. The lowest BCUT2D eigenvalue weighted by Crippen LogP contribution is -2.38. The van der Waals surface area contributed by atoms with E-state index in [1.807, 2.05) is 41.5 Å². The molecule has 2 aliphatic rings. The standard InChI is InChI=1S/C19H29NO4S/c1-12(2)10-20(11-13(3)4)25(21,22)14-7-8-16-15(9-14)17-18(23-17)19(5,6)24-16/h7-9,12-13,17-18H,10-11H2,1-6H3/t17-,18-/m0/s1. The molecule has 0 bridgehead atoms. The van der Waals surface area contributed by atoms with Crippen LogP contribution in [0.3, 0.4) is 0 Å². The minimum atomic E-state index is -3.54. The summed E-state index contributed by atoms with van der Waals surface area (Å²) in [6.45, 7) is 13.2. The SMILES string of the molecule is CC(C)CN(CC(C)C)S(=O)(=O)c1ccc2c(c1)[C@@H]1O[C@@H]1C(C)(C)O2. The maximum absolute atomic E-state index is 13.2. The topological polar surface area (TPSA) is 59.1 Å². The number of rotatable bonds is 6. The summed E-state index contributed by atoms with van der Waals surface area (Å²) in [6, 6.07) is 5.16. The average molecular weight is 368 g/mol. The Morgan fingerprint density at radius 3 is 2.28 bits per heavy atom. The molecule has 0 radical (unpaired) electrons. The van der Waals surface area contributed by atoms with Crippen LogP contribution < -0.4 is 4.74 Å². The van der Waals surface area contributed by atoms with Gasteiger partial charge >= 0.3 is 0 Å². The van der Waals surface area contributed by atoms with Crippen LogP contribution in [-0.2, 0) is 14.8 Å². The zero-order valence-electron chi connectivity index (χ0n) is 15.9. The summed E-state index contributed by atoms with van der Waals surface area (Å²) in [5, 5.41) is 0. The highest BCUT2D eigenvalue weighted by molar-refractivity contribution is 7.89. The van der Waals surface area contributed by atoms with Gasteiger partial charge in [0.2, 0.25) is 10.0 Å². The molecule has 0 aliphatic carbocycles. The van der Waals surface area contributed by atoms with Crippen molar-refractivity contribution in [3.05, 3.63) is 23.8 Å². The van der Waals surface area contributed by atoms with Crippen LogP contribution in [-0.4, -0.2) is 37.5 Å². The Kier molecular flexibility index (Phi) is 4.67.